The second kappa shape index (κ2) is 6.11. The molecule has 2 amide bonds. The molecule has 0 saturated heterocycles. The molecule has 1 atom stereocenters. The Kier molecular flexibility index (Phi) is 4.16. The number of amides is 2. The highest BCUT2D eigenvalue weighted by Crippen LogP contribution is 2.32. The third kappa shape index (κ3) is 2.98. The van der Waals surface area contributed by atoms with Crippen molar-refractivity contribution in [2.75, 3.05) is 11.9 Å². The molecule has 0 bridgehead atoms. The van der Waals surface area contributed by atoms with E-state index in [1.807, 2.05) is 23.1 Å². The van der Waals surface area contributed by atoms with Gasteiger partial charge in [0.15, 0.2) is 0 Å². The quantitative estimate of drug-likeness (QED) is 0.879. The second-order valence-electron chi connectivity index (χ2n) is 6.74. The Hall–Kier alpha value is -2.23. The molecule has 0 spiro atoms. The molecular weight excluding hydrogens is 286 g/mol. The lowest BCUT2D eigenvalue weighted by atomic mass is 9.97. The Balaban J connectivity index is 1.82. The number of anilines is 1. The van der Waals surface area contributed by atoms with E-state index in [4.69, 9.17) is 0 Å². The molecule has 0 saturated carbocycles. The van der Waals surface area contributed by atoms with Crippen LogP contribution in [0, 0.1) is 19.8 Å². The van der Waals surface area contributed by atoms with Crippen molar-refractivity contribution in [3.05, 3.63) is 53.3 Å². The Bertz CT molecular complexity index is 717. The zero-order valence-corrected chi connectivity index (χ0v) is 14.3. The first kappa shape index (κ1) is 15.7. The first-order valence-electron chi connectivity index (χ1n) is 8.27. The van der Waals surface area contributed by atoms with E-state index >= 15 is 0 Å². The third-order valence-corrected chi connectivity index (χ3v) is 4.74. The topological polar surface area (TPSA) is 37.3 Å². The summed E-state index contributed by atoms with van der Waals surface area (Å²) in [5, 5.41) is 3.07. The van der Waals surface area contributed by atoms with Gasteiger partial charge in [-0.1, -0.05) is 19.9 Å². The van der Waals surface area contributed by atoms with Crippen LogP contribution in [0.15, 0.2) is 36.5 Å². The lowest BCUT2D eigenvalue weighted by Crippen LogP contribution is -2.45. The highest BCUT2D eigenvalue weighted by Gasteiger charge is 2.32. The fourth-order valence-corrected chi connectivity index (χ4v) is 3.36. The number of rotatable bonds is 2. The average Bonchev–Trinajstić information content (AvgIpc) is 2.98. The summed E-state index contributed by atoms with van der Waals surface area (Å²) in [5.74, 6) is 0.370. The first-order chi connectivity index (χ1) is 11.0. The van der Waals surface area contributed by atoms with Gasteiger partial charge in [-0.3, -0.25) is 0 Å². The number of aromatic nitrogens is 1. The Morgan fingerprint density at radius 1 is 1.17 bits per heavy atom. The molecular formula is C19H25N3O. The maximum absolute atomic E-state index is 12.8. The van der Waals surface area contributed by atoms with Crippen LogP contribution in [0.3, 0.4) is 0 Å². The van der Waals surface area contributed by atoms with Crippen molar-refractivity contribution in [2.45, 2.75) is 40.3 Å². The van der Waals surface area contributed by atoms with Crippen molar-refractivity contribution in [3.63, 3.8) is 0 Å². The average molecular weight is 311 g/mol. The number of carbonyl (C=O) groups is 1. The normalized spacial score (nSPS) is 17.3. The summed E-state index contributed by atoms with van der Waals surface area (Å²) in [6.07, 6.45) is 2.10. The molecule has 1 aromatic carbocycles. The van der Waals surface area contributed by atoms with Crippen LogP contribution in [0.2, 0.25) is 0 Å². The first-order valence-corrected chi connectivity index (χ1v) is 8.27. The molecule has 1 N–H and O–H groups in total. The standard InChI is InChI=1S/C19H25N3O/c1-13(2)18-17-6-5-9-21(17)10-11-22(18)19(23)20-16-8-7-14(3)15(4)12-16/h5-9,12-13,18H,10-11H2,1-4H3,(H,20,23)/t18-/m0/s1. The van der Waals surface area contributed by atoms with Crippen molar-refractivity contribution < 1.29 is 4.79 Å². The van der Waals surface area contributed by atoms with Crippen LogP contribution < -0.4 is 5.32 Å². The molecule has 1 aromatic heterocycles. The molecule has 122 valence electrons. The van der Waals surface area contributed by atoms with Crippen LogP contribution in [-0.4, -0.2) is 22.0 Å². The van der Waals surface area contributed by atoms with Gasteiger partial charge < -0.3 is 14.8 Å². The van der Waals surface area contributed by atoms with Gasteiger partial charge >= 0.3 is 6.03 Å². The summed E-state index contributed by atoms with van der Waals surface area (Å²) in [4.78, 5) is 14.8. The molecule has 0 unspecified atom stereocenters. The number of benzene rings is 1. The van der Waals surface area contributed by atoms with Gasteiger partial charge in [0.05, 0.1) is 6.04 Å². The predicted octanol–water partition coefficient (Wildman–Crippen LogP) is 4.35. The summed E-state index contributed by atoms with van der Waals surface area (Å²) < 4.78 is 2.25. The minimum atomic E-state index is -0.0144. The number of urea groups is 1. The van der Waals surface area contributed by atoms with Crippen molar-refractivity contribution >= 4 is 11.7 Å². The summed E-state index contributed by atoms with van der Waals surface area (Å²) in [6, 6.07) is 10.3. The number of hydrogen-bond donors (Lipinski definition) is 1. The molecule has 4 heteroatoms. The lowest BCUT2D eigenvalue weighted by molar-refractivity contribution is 0.144. The molecule has 0 aliphatic carbocycles. The lowest BCUT2D eigenvalue weighted by Gasteiger charge is -2.39. The zero-order chi connectivity index (χ0) is 16.6. The highest BCUT2D eigenvalue weighted by atomic mass is 16.2. The number of hydrogen-bond acceptors (Lipinski definition) is 1. The predicted molar refractivity (Wildman–Crippen MR) is 93.7 cm³/mol. The number of nitrogens with zero attached hydrogens (tertiary/aromatic N) is 2. The summed E-state index contributed by atoms with van der Waals surface area (Å²) >= 11 is 0. The molecule has 0 fully saturated rings. The van der Waals surface area contributed by atoms with Crippen molar-refractivity contribution in [2.24, 2.45) is 5.92 Å². The monoisotopic (exact) mass is 311 g/mol. The largest absolute Gasteiger partial charge is 0.348 e. The van der Waals surface area contributed by atoms with Crippen molar-refractivity contribution in [3.8, 4) is 0 Å². The van der Waals surface area contributed by atoms with Gasteiger partial charge in [0, 0.05) is 30.7 Å². The molecule has 3 rings (SSSR count). The maximum Gasteiger partial charge on any atom is 0.322 e. The Morgan fingerprint density at radius 3 is 2.65 bits per heavy atom. The van der Waals surface area contributed by atoms with E-state index in [1.165, 1.54) is 16.8 Å². The molecule has 2 heterocycles. The maximum atomic E-state index is 12.8. The fourth-order valence-electron chi connectivity index (χ4n) is 3.36. The smallest absolute Gasteiger partial charge is 0.322 e. The molecule has 1 aliphatic heterocycles. The summed E-state index contributed by atoms with van der Waals surface area (Å²) in [5.41, 5.74) is 4.51. The van der Waals surface area contributed by atoms with Crippen LogP contribution in [0.5, 0.6) is 0 Å². The van der Waals surface area contributed by atoms with Gasteiger partial charge in [-0.2, -0.15) is 0 Å². The van der Waals surface area contributed by atoms with E-state index in [0.717, 1.165) is 18.8 Å². The molecule has 4 nitrogen and oxygen atoms in total. The molecule has 23 heavy (non-hydrogen) atoms. The van der Waals surface area contributed by atoms with Crippen LogP contribution >= 0.6 is 0 Å². The molecule has 2 aromatic rings. The van der Waals surface area contributed by atoms with Crippen LogP contribution in [0.1, 0.15) is 36.7 Å². The molecule has 1 aliphatic rings. The molecule has 0 radical (unpaired) electrons. The fraction of sp³-hybridized carbons (Fsp3) is 0.421. The minimum Gasteiger partial charge on any atom is -0.348 e. The zero-order valence-electron chi connectivity index (χ0n) is 14.3. The number of fused-ring (bicyclic) bond motifs is 1. The summed E-state index contributed by atoms with van der Waals surface area (Å²) in [6.45, 7) is 10.1. The third-order valence-electron chi connectivity index (χ3n) is 4.74. The SMILES string of the molecule is Cc1ccc(NC(=O)N2CCn3cccc3[C@@H]2C(C)C)cc1C. The van der Waals surface area contributed by atoms with Crippen molar-refractivity contribution in [1.29, 1.82) is 0 Å². The number of aryl methyl sites for hydroxylation is 2. The number of carbonyl (C=O) groups excluding carboxylic acids is 1. The Labute approximate surface area is 138 Å². The number of nitrogens with one attached hydrogen (secondary N) is 1. The van der Waals surface area contributed by atoms with Gasteiger partial charge in [-0.25, -0.2) is 4.79 Å². The van der Waals surface area contributed by atoms with Crippen LogP contribution in [-0.2, 0) is 6.54 Å². The van der Waals surface area contributed by atoms with E-state index < -0.39 is 0 Å². The van der Waals surface area contributed by atoms with Gasteiger partial charge in [-0.05, 0) is 55.2 Å². The summed E-state index contributed by atoms with van der Waals surface area (Å²) in [7, 11) is 0. The highest BCUT2D eigenvalue weighted by molar-refractivity contribution is 5.89. The van der Waals surface area contributed by atoms with Crippen LogP contribution in [0.4, 0.5) is 10.5 Å². The Morgan fingerprint density at radius 2 is 1.96 bits per heavy atom. The van der Waals surface area contributed by atoms with E-state index in [9.17, 15) is 4.79 Å². The van der Waals surface area contributed by atoms with E-state index in [1.54, 1.807) is 0 Å². The second-order valence-corrected chi connectivity index (χ2v) is 6.74. The van der Waals surface area contributed by atoms with E-state index in [-0.39, 0.29) is 12.1 Å². The van der Waals surface area contributed by atoms with Gasteiger partial charge in [0.25, 0.3) is 0 Å². The van der Waals surface area contributed by atoms with Gasteiger partial charge in [0.1, 0.15) is 0 Å². The van der Waals surface area contributed by atoms with Gasteiger partial charge in [0.2, 0.25) is 0 Å². The van der Waals surface area contributed by atoms with Gasteiger partial charge in [-0.15, -0.1) is 0 Å². The van der Waals surface area contributed by atoms with E-state index in [0.29, 0.717) is 5.92 Å². The van der Waals surface area contributed by atoms with Crippen LogP contribution in [0.25, 0.3) is 0 Å². The van der Waals surface area contributed by atoms with E-state index in [2.05, 4.69) is 55.9 Å². The van der Waals surface area contributed by atoms with Crippen molar-refractivity contribution in [1.82, 2.24) is 9.47 Å². The minimum absolute atomic E-state index is 0.0144.